The second-order valence-corrected chi connectivity index (χ2v) is 3.74. The predicted octanol–water partition coefficient (Wildman–Crippen LogP) is 1.23. The van der Waals surface area contributed by atoms with E-state index in [-0.39, 0.29) is 0 Å². The summed E-state index contributed by atoms with van der Waals surface area (Å²) in [4.78, 5) is 8.82. The van der Waals surface area contributed by atoms with Crippen LogP contribution in [0, 0.1) is 11.3 Å². The van der Waals surface area contributed by atoms with Gasteiger partial charge in [-0.15, -0.1) is 0 Å². The molecule has 0 aliphatic carbocycles. The maximum absolute atomic E-state index is 8.85. The van der Waals surface area contributed by atoms with Crippen LogP contribution in [0.4, 0.5) is 0 Å². The van der Waals surface area contributed by atoms with Crippen LogP contribution in [0.25, 0.3) is 0 Å². The summed E-state index contributed by atoms with van der Waals surface area (Å²) in [6.45, 7) is 0. The van der Waals surface area contributed by atoms with E-state index in [9.17, 15) is 0 Å². The van der Waals surface area contributed by atoms with E-state index in [1.807, 2.05) is 12.1 Å². The second-order valence-electron chi connectivity index (χ2n) is 2.73. The largest absolute Gasteiger partial charge is 0.244 e. The highest BCUT2D eigenvalue weighted by Gasteiger charge is 2.07. The van der Waals surface area contributed by atoms with E-state index in [1.54, 1.807) is 24.0 Å². The third-order valence-corrected chi connectivity index (χ3v) is 2.85. The summed E-state index contributed by atoms with van der Waals surface area (Å²) in [5, 5.41) is 13.5. The van der Waals surface area contributed by atoms with Crippen LogP contribution < -0.4 is 0 Å². The first-order valence-electron chi connectivity index (χ1n) is 4.18. The summed E-state index contributed by atoms with van der Waals surface area (Å²) in [6, 6.07) is 5.67. The molecule has 74 valence electrons. The summed E-state index contributed by atoms with van der Waals surface area (Å²) in [5.74, 6) is 0. The molecule has 0 aliphatic heterocycles. The van der Waals surface area contributed by atoms with E-state index in [2.05, 4.69) is 15.1 Å². The van der Waals surface area contributed by atoms with Crippen LogP contribution in [0.2, 0.25) is 0 Å². The predicted molar refractivity (Wildman–Crippen MR) is 54.1 cm³/mol. The van der Waals surface area contributed by atoms with Crippen LogP contribution in [0.1, 0.15) is 5.69 Å². The number of hydrogen-bond donors (Lipinski definition) is 0. The van der Waals surface area contributed by atoms with E-state index in [4.69, 9.17) is 5.26 Å². The zero-order valence-electron chi connectivity index (χ0n) is 7.95. The summed E-state index contributed by atoms with van der Waals surface area (Å²) in [7, 11) is 1.80. The monoisotopic (exact) mass is 217 g/mol. The first-order valence-corrected chi connectivity index (χ1v) is 5.00. The first kappa shape index (κ1) is 9.68. The Morgan fingerprint density at radius 1 is 1.47 bits per heavy atom. The zero-order valence-corrected chi connectivity index (χ0v) is 8.77. The molecule has 0 atom stereocenters. The number of aromatic nitrogens is 4. The molecule has 2 rings (SSSR count). The van der Waals surface area contributed by atoms with Crippen molar-refractivity contribution in [2.24, 2.45) is 7.05 Å². The fourth-order valence-corrected chi connectivity index (χ4v) is 1.85. The minimum Gasteiger partial charge on any atom is -0.244 e. The van der Waals surface area contributed by atoms with Crippen molar-refractivity contribution in [3.8, 4) is 6.07 Å². The molecule has 0 unspecified atom stereocenters. The summed E-state index contributed by atoms with van der Waals surface area (Å²) < 4.78 is 1.65. The number of pyridine rings is 1. The maximum Gasteiger partial charge on any atom is 0.190 e. The Morgan fingerprint density at radius 3 is 3.00 bits per heavy atom. The molecule has 15 heavy (non-hydrogen) atoms. The molecule has 5 nitrogen and oxygen atoms in total. The topological polar surface area (TPSA) is 67.4 Å². The van der Waals surface area contributed by atoms with Gasteiger partial charge in [-0.05, 0) is 23.9 Å². The van der Waals surface area contributed by atoms with Gasteiger partial charge in [0, 0.05) is 13.2 Å². The lowest BCUT2D eigenvalue weighted by Gasteiger charge is -2.00. The molecule has 0 fully saturated rings. The van der Waals surface area contributed by atoms with Crippen molar-refractivity contribution < 1.29 is 0 Å². The molecule has 0 amide bonds. The van der Waals surface area contributed by atoms with E-state index in [1.165, 1.54) is 18.1 Å². The average Bonchev–Trinajstić information content (AvgIpc) is 2.65. The van der Waals surface area contributed by atoms with Gasteiger partial charge in [-0.2, -0.15) is 10.4 Å². The van der Waals surface area contributed by atoms with Gasteiger partial charge in [-0.1, -0.05) is 0 Å². The highest BCUT2D eigenvalue weighted by atomic mass is 32.2. The van der Waals surface area contributed by atoms with Crippen LogP contribution in [-0.2, 0) is 7.05 Å². The van der Waals surface area contributed by atoms with Gasteiger partial charge in [0.2, 0.25) is 0 Å². The van der Waals surface area contributed by atoms with Crippen molar-refractivity contribution in [2.75, 3.05) is 0 Å². The molecule has 0 aromatic carbocycles. The van der Waals surface area contributed by atoms with Crippen molar-refractivity contribution in [1.82, 2.24) is 19.7 Å². The van der Waals surface area contributed by atoms with Crippen molar-refractivity contribution >= 4 is 11.8 Å². The first-order chi connectivity index (χ1) is 7.31. The van der Waals surface area contributed by atoms with Gasteiger partial charge in [0.1, 0.15) is 12.4 Å². The molecule has 2 heterocycles. The molecular weight excluding hydrogens is 210 g/mol. The van der Waals surface area contributed by atoms with Crippen molar-refractivity contribution in [1.29, 1.82) is 5.26 Å². The average molecular weight is 217 g/mol. The van der Waals surface area contributed by atoms with Gasteiger partial charge < -0.3 is 0 Å². The lowest BCUT2D eigenvalue weighted by Crippen LogP contribution is -1.93. The minimum absolute atomic E-state index is 0.408. The highest BCUT2D eigenvalue weighted by molar-refractivity contribution is 7.99. The SMILES string of the molecule is Cn1ncnc1Sc1cccnc1C#N. The lowest BCUT2D eigenvalue weighted by molar-refractivity contribution is 0.685. The van der Waals surface area contributed by atoms with Crippen LogP contribution in [-0.4, -0.2) is 19.7 Å². The number of nitrogens with zero attached hydrogens (tertiary/aromatic N) is 5. The molecule has 0 saturated carbocycles. The molecule has 0 bridgehead atoms. The normalized spacial score (nSPS) is 9.87. The van der Waals surface area contributed by atoms with E-state index < -0.39 is 0 Å². The van der Waals surface area contributed by atoms with Crippen molar-refractivity contribution in [3.05, 3.63) is 30.4 Å². The molecule has 0 saturated heterocycles. The smallest absolute Gasteiger partial charge is 0.190 e. The molecular formula is C9H7N5S. The van der Waals surface area contributed by atoms with Gasteiger partial charge in [-0.3, -0.25) is 0 Å². The summed E-state index contributed by atoms with van der Waals surface area (Å²) >= 11 is 1.38. The molecule has 2 aromatic rings. The Bertz CT molecular complexity index is 513. The fraction of sp³-hybridized carbons (Fsp3) is 0.111. The Kier molecular flexibility index (Phi) is 2.65. The number of aryl methyl sites for hydroxylation is 1. The fourth-order valence-electron chi connectivity index (χ4n) is 1.03. The van der Waals surface area contributed by atoms with Crippen LogP contribution in [0.5, 0.6) is 0 Å². The lowest BCUT2D eigenvalue weighted by atomic mass is 10.4. The summed E-state index contributed by atoms with van der Waals surface area (Å²) in [5.41, 5.74) is 0.408. The third kappa shape index (κ3) is 1.97. The van der Waals surface area contributed by atoms with Gasteiger partial charge in [0.05, 0.1) is 4.90 Å². The van der Waals surface area contributed by atoms with E-state index in [0.717, 1.165) is 10.1 Å². The Balaban J connectivity index is 2.33. The van der Waals surface area contributed by atoms with E-state index >= 15 is 0 Å². The quantitative estimate of drug-likeness (QED) is 0.756. The zero-order chi connectivity index (χ0) is 10.7. The Labute approximate surface area is 90.8 Å². The third-order valence-electron chi connectivity index (χ3n) is 1.75. The molecule has 0 radical (unpaired) electrons. The second kappa shape index (κ2) is 4.11. The number of nitriles is 1. The van der Waals surface area contributed by atoms with E-state index in [0.29, 0.717) is 5.69 Å². The molecule has 0 spiro atoms. The van der Waals surface area contributed by atoms with Crippen LogP contribution in [0.15, 0.2) is 34.7 Å². The summed E-state index contributed by atoms with van der Waals surface area (Å²) in [6.07, 6.45) is 3.07. The van der Waals surface area contributed by atoms with Crippen LogP contribution in [0.3, 0.4) is 0 Å². The highest BCUT2D eigenvalue weighted by Crippen LogP contribution is 2.26. The molecule has 6 heteroatoms. The molecule has 0 aliphatic rings. The molecule has 0 N–H and O–H groups in total. The van der Waals surface area contributed by atoms with Gasteiger partial charge >= 0.3 is 0 Å². The number of rotatable bonds is 2. The van der Waals surface area contributed by atoms with Crippen molar-refractivity contribution in [2.45, 2.75) is 10.1 Å². The minimum atomic E-state index is 0.408. The Hall–Kier alpha value is -1.87. The maximum atomic E-state index is 8.85. The van der Waals surface area contributed by atoms with Gasteiger partial charge in [0.15, 0.2) is 10.9 Å². The molecule has 2 aromatic heterocycles. The van der Waals surface area contributed by atoms with Crippen molar-refractivity contribution in [3.63, 3.8) is 0 Å². The van der Waals surface area contributed by atoms with Gasteiger partial charge in [-0.25, -0.2) is 14.6 Å². The van der Waals surface area contributed by atoms with Gasteiger partial charge in [0.25, 0.3) is 0 Å². The Morgan fingerprint density at radius 2 is 2.33 bits per heavy atom. The van der Waals surface area contributed by atoms with Crippen LogP contribution >= 0.6 is 11.8 Å². The number of hydrogen-bond acceptors (Lipinski definition) is 5. The standard InChI is InChI=1S/C9H7N5S/c1-14-9(12-6-13-14)15-8-3-2-4-11-7(8)5-10/h2-4,6H,1H3.